The minimum atomic E-state index is 0.590. The van der Waals surface area contributed by atoms with Crippen molar-refractivity contribution in [3.63, 3.8) is 0 Å². The van der Waals surface area contributed by atoms with Crippen molar-refractivity contribution in [3.8, 4) is 0 Å². The number of nitrogens with zero attached hydrogens (tertiary/aromatic N) is 1. The van der Waals surface area contributed by atoms with Gasteiger partial charge in [0.05, 0.1) is 0 Å². The van der Waals surface area contributed by atoms with Gasteiger partial charge in [0.1, 0.15) is 0 Å². The zero-order valence-electron chi connectivity index (χ0n) is 4.56. The number of hydrogen-bond donors (Lipinski definition) is 0. The van der Waals surface area contributed by atoms with Crippen LogP contribution >= 0.6 is 11.6 Å². The fraction of sp³-hybridized carbons (Fsp3) is 0. The molecule has 0 saturated heterocycles. The first-order valence-corrected chi connectivity index (χ1v) is 2.75. The molecule has 36 valence electrons. The Bertz CT molecular complexity index is 169. The van der Waals surface area contributed by atoms with Crippen LogP contribution in [0.25, 0.3) is 0 Å². The second-order valence-corrected chi connectivity index (χ2v) is 1.97. The van der Waals surface area contributed by atoms with Gasteiger partial charge in [-0.15, -0.1) is 0 Å². The molecule has 3 heteroatoms. The van der Waals surface area contributed by atoms with Gasteiger partial charge in [-0.25, -0.2) is 0 Å². The third-order valence-electron chi connectivity index (χ3n) is 0.946. The van der Waals surface area contributed by atoms with Crippen LogP contribution in [0.5, 0.6) is 0 Å². The van der Waals surface area contributed by atoms with Crippen molar-refractivity contribution < 1.29 is 0 Å². The normalized spacial score (nSPS) is 9.38. The summed E-state index contributed by atoms with van der Waals surface area (Å²) < 4.78 is 1.02. The van der Waals surface area contributed by atoms with E-state index < -0.39 is 0 Å². The Labute approximate surface area is 62.3 Å². The van der Waals surface area contributed by atoms with Gasteiger partial charge in [-0.3, -0.25) is 0 Å². The summed E-state index contributed by atoms with van der Waals surface area (Å²) >= 11 is 7.52. The van der Waals surface area contributed by atoms with Gasteiger partial charge in [0.2, 0.25) is 0 Å². The Balaban J connectivity index is 3.13. The number of rotatable bonds is 0. The standard InChI is InChI=1S/C5H3ClN.Li/c6-5-3-1-2-4-7-5;/h1-2,4H;. The van der Waals surface area contributed by atoms with Crippen LogP contribution in [0.3, 0.4) is 0 Å². The maximum atomic E-state index is 5.60. The summed E-state index contributed by atoms with van der Waals surface area (Å²) in [7, 11) is 0. The second-order valence-electron chi connectivity index (χ2n) is 1.61. The van der Waals surface area contributed by atoms with Crippen molar-refractivity contribution in [1.29, 1.82) is 0 Å². The average Bonchev–Trinajstić information content (AvgIpc) is 1.77. The van der Waals surface area contributed by atoms with E-state index in [1.54, 1.807) is 6.20 Å². The van der Waals surface area contributed by atoms with Crippen molar-refractivity contribution in [2.24, 2.45) is 0 Å². The van der Waals surface area contributed by atoms with E-state index in [4.69, 9.17) is 11.6 Å². The first kappa shape index (κ1) is 6.16. The Hall–Kier alpha value is 0.0374. The van der Waals surface area contributed by atoms with E-state index in [2.05, 4.69) is 4.98 Å². The molecule has 0 unspecified atom stereocenters. The first-order chi connectivity index (χ1) is 3.80. The van der Waals surface area contributed by atoms with E-state index in [-0.39, 0.29) is 0 Å². The van der Waals surface area contributed by atoms with Gasteiger partial charge < -0.3 is 0 Å². The Kier molecular flexibility index (Phi) is 1.96. The summed E-state index contributed by atoms with van der Waals surface area (Å²) in [4.78, 5) is 3.84. The number of pyridine rings is 1. The molecule has 0 aliphatic rings. The fourth-order valence-corrected chi connectivity index (χ4v) is 0.586. The van der Waals surface area contributed by atoms with Crippen LogP contribution in [-0.2, 0) is 0 Å². The van der Waals surface area contributed by atoms with Crippen LogP contribution in [0.4, 0.5) is 0 Å². The number of halogens is 1. The van der Waals surface area contributed by atoms with Crippen LogP contribution in [0.1, 0.15) is 0 Å². The predicted octanol–water partition coefficient (Wildman–Crippen LogP) is 0.529. The van der Waals surface area contributed by atoms with Gasteiger partial charge in [-0.05, 0) is 0 Å². The van der Waals surface area contributed by atoms with E-state index in [0.29, 0.717) is 5.15 Å². The molecule has 1 nitrogen and oxygen atoms in total. The summed E-state index contributed by atoms with van der Waals surface area (Å²) in [5.74, 6) is 0. The Morgan fingerprint density at radius 1 is 1.62 bits per heavy atom. The molecule has 8 heavy (non-hydrogen) atoms. The quantitative estimate of drug-likeness (QED) is 0.359. The third-order valence-corrected chi connectivity index (χ3v) is 1.34. The summed E-state index contributed by atoms with van der Waals surface area (Å²) in [6, 6.07) is 3.79. The predicted molar refractivity (Wildman–Crippen MR) is 34.6 cm³/mol. The van der Waals surface area contributed by atoms with Crippen molar-refractivity contribution >= 4 is 33.6 Å². The van der Waals surface area contributed by atoms with Gasteiger partial charge in [-0.1, -0.05) is 0 Å². The summed E-state index contributed by atoms with van der Waals surface area (Å²) in [5, 5.41) is 0.590. The molecule has 0 radical (unpaired) electrons. The van der Waals surface area contributed by atoms with Gasteiger partial charge in [-0.2, -0.15) is 0 Å². The van der Waals surface area contributed by atoms with E-state index in [0.717, 1.165) is 4.24 Å². The minimum absolute atomic E-state index is 0.590. The molecule has 0 aliphatic heterocycles. The number of hydrogen-bond acceptors (Lipinski definition) is 1. The van der Waals surface area contributed by atoms with Crippen LogP contribution in [0, 0.1) is 0 Å². The maximum absolute atomic E-state index is 5.60. The Morgan fingerprint density at radius 2 is 2.38 bits per heavy atom. The zero-order valence-corrected chi connectivity index (χ0v) is 5.31. The van der Waals surface area contributed by atoms with Gasteiger partial charge in [0, 0.05) is 0 Å². The molecule has 0 aromatic carbocycles. The number of aromatic nitrogens is 1. The van der Waals surface area contributed by atoms with E-state index in [1.807, 2.05) is 29.8 Å². The molecule has 0 bridgehead atoms. The summed E-state index contributed by atoms with van der Waals surface area (Å²) in [5.41, 5.74) is 0. The van der Waals surface area contributed by atoms with Crippen LogP contribution in [0.2, 0.25) is 5.15 Å². The first-order valence-electron chi connectivity index (χ1n) is 2.38. The molecule has 1 rings (SSSR count). The van der Waals surface area contributed by atoms with Crippen molar-refractivity contribution in [3.05, 3.63) is 23.5 Å². The van der Waals surface area contributed by atoms with E-state index in [9.17, 15) is 0 Å². The topological polar surface area (TPSA) is 12.9 Å². The molecular weight excluding hydrogens is 116 g/mol. The molecular formula is C5H3ClLiN. The van der Waals surface area contributed by atoms with Crippen molar-refractivity contribution in [2.45, 2.75) is 0 Å². The van der Waals surface area contributed by atoms with Gasteiger partial charge in [0.25, 0.3) is 0 Å². The Morgan fingerprint density at radius 3 is 2.75 bits per heavy atom. The average molecular weight is 119 g/mol. The van der Waals surface area contributed by atoms with E-state index in [1.165, 1.54) is 0 Å². The van der Waals surface area contributed by atoms with Gasteiger partial charge in [0.15, 0.2) is 0 Å². The molecule has 0 amide bonds. The molecule has 0 atom stereocenters. The SMILES string of the molecule is [Li][c]1cccnc1Cl. The third kappa shape index (κ3) is 1.26. The molecule has 1 aromatic rings. The molecule has 0 aliphatic carbocycles. The molecule has 0 spiro atoms. The monoisotopic (exact) mass is 119 g/mol. The summed E-state index contributed by atoms with van der Waals surface area (Å²) in [6.45, 7) is 0. The van der Waals surface area contributed by atoms with Crippen LogP contribution < -0.4 is 4.24 Å². The molecule has 1 aromatic heterocycles. The van der Waals surface area contributed by atoms with Crippen LogP contribution in [0.15, 0.2) is 18.3 Å². The van der Waals surface area contributed by atoms with Gasteiger partial charge >= 0.3 is 62.0 Å². The van der Waals surface area contributed by atoms with Crippen LogP contribution in [-0.4, -0.2) is 22.7 Å². The molecule has 0 fully saturated rings. The molecule has 0 saturated carbocycles. The molecule has 0 N–H and O–H groups in total. The molecule has 1 heterocycles. The zero-order chi connectivity index (χ0) is 5.98. The van der Waals surface area contributed by atoms with Crippen molar-refractivity contribution in [1.82, 2.24) is 4.98 Å². The summed E-state index contributed by atoms with van der Waals surface area (Å²) in [6.07, 6.45) is 1.68. The second kappa shape index (κ2) is 2.55. The van der Waals surface area contributed by atoms with E-state index >= 15 is 0 Å². The fourth-order valence-electron chi connectivity index (χ4n) is 0.466. The van der Waals surface area contributed by atoms with Crippen molar-refractivity contribution in [2.75, 3.05) is 0 Å².